The maximum Gasteiger partial charge on any atom is 0.120 e. The minimum atomic E-state index is 0.355. The third kappa shape index (κ3) is 3.99. The van der Waals surface area contributed by atoms with Gasteiger partial charge in [-0.15, -0.1) is 0 Å². The van der Waals surface area contributed by atoms with Gasteiger partial charge in [0.2, 0.25) is 0 Å². The summed E-state index contributed by atoms with van der Waals surface area (Å²) >= 11 is 0. The number of hydrogen-bond acceptors (Lipinski definition) is 2. The van der Waals surface area contributed by atoms with Crippen LogP contribution in [0.1, 0.15) is 58.6 Å². The molecule has 0 amide bonds. The van der Waals surface area contributed by atoms with Gasteiger partial charge >= 0.3 is 0 Å². The number of ether oxygens (including phenoxy) is 1. The molecule has 0 aliphatic heterocycles. The van der Waals surface area contributed by atoms with Gasteiger partial charge in [-0.2, -0.15) is 0 Å². The Morgan fingerprint density at radius 2 is 2.05 bits per heavy atom. The van der Waals surface area contributed by atoms with E-state index in [1.807, 2.05) is 7.05 Å². The van der Waals surface area contributed by atoms with Gasteiger partial charge in [0.25, 0.3) is 0 Å². The fourth-order valence-electron chi connectivity index (χ4n) is 3.56. The molecule has 1 aliphatic rings. The second-order valence-electron chi connectivity index (χ2n) is 7.24. The topological polar surface area (TPSA) is 21.3 Å². The van der Waals surface area contributed by atoms with Crippen molar-refractivity contribution >= 4 is 0 Å². The van der Waals surface area contributed by atoms with Crippen LogP contribution in [0.2, 0.25) is 0 Å². The average Bonchev–Trinajstić information content (AvgIpc) is 2.35. The van der Waals surface area contributed by atoms with E-state index in [1.165, 1.54) is 18.4 Å². The molecule has 2 heteroatoms. The summed E-state index contributed by atoms with van der Waals surface area (Å²) in [5.74, 6) is 1.77. The lowest BCUT2D eigenvalue weighted by Crippen LogP contribution is -2.34. The molecular weight excluding hydrogens is 246 g/mol. The normalized spacial score (nSPS) is 27.1. The van der Waals surface area contributed by atoms with Crippen LogP contribution in [0.25, 0.3) is 0 Å². The zero-order valence-corrected chi connectivity index (χ0v) is 13.6. The highest BCUT2D eigenvalue weighted by molar-refractivity contribution is 5.30. The van der Waals surface area contributed by atoms with Crippen molar-refractivity contribution in [3.63, 3.8) is 0 Å². The predicted octanol–water partition coefficient (Wildman–Crippen LogP) is 4.56. The Morgan fingerprint density at radius 3 is 2.70 bits per heavy atom. The van der Waals surface area contributed by atoms with Crippen LogP contribution in [-0.2, 0) is 0 Å². The molecule has 1 aliphatic carbocycles. The Bertz CT molecular complexity index is 441. The standard InChI is InChI=1S/C18H29NO/c1-13-9-17(12-18(3,4)11-13)20-16-8-6-7-15(10-16)14(2)19-5/h6-8,10,13-14,17,19H,9,11-12H2,1-5H3. The van der Waals surface area contributed by atoms with Crippen molar-refractivity contribution in [1.82, 2.24) is 5.32 Å². The maximum atomic E-state index is 6.27. The molecule has 3 atom stereocenters. The third-order valence-corrected chi connectivity index (χ3v) is 4.44. The molecule has 2 rings (SSSR count). The molecule has 2 nitrogen and oxygen atoms in total. The van der Waals surface area contributed by atoms with Gasteiger partial charge in [0.05, 0.1) is 6.10 Å². The van der Waals surface area contributed by atoms with E-state index in [0.717, 1.165) is 18.1 Å². The lowest BCUT2D eigenvalue weighted by Gasteiger charge is -2.38. The van der Waals surface area contributed by atoms with Gasteiger partial charge in [-0.3, -0.25) is 0 Å². The SMILES string of the molecule is CNC(C)c1cccc(OC2CC(C)CC(C)(C)C2)c1. The van der Waals surface area contributed by atoms with Gasteiger partial charge in [-0.25, -0.2) is 0 Å². The first-order valence-electron chi connectivity index (χ1n) is 7.83. The van der Waals surface area contributed by atoms with Gasteiger partial charge < -0.3 is 10.1 Å². The molecule has 0 saturated heterocycles. The molecule has 0 heterocycles. The van der Waals surface area contributed by atoms with Crippen molar-refractivity contribution in [2.75, 3.05) is 7.05 Å². The molecule has 112 valence electrons. The first kappa shape index (κ1) is 15.4. The van der Waals surface area contributed by atoms with Crippen LogP contribution in [0.15, 0.2) is 24.3 Å². The molecule has 0 radical (unpaired) electrons. The lowest BCUT2D eigenvalue weighted by atomic mass is 9.71. The Kier molecular flexibility index (Phi) is 4.74. The van der Waals surface area contributed by atoms with E-state index in [1.54, 1.807) is 0 Å². The van der Waals surface area contributed by atoms with Crippen LogP contribution in [0.3, 0.4) is 0 Å². The van der Waals surface area contributed by atoms with E-state index in [0.29, 0.717) is 17.6 Å². The summed E-state index contributed by atoms with van der Waals surface area (Å²) in [6, 6.07) is 8.86. The summed E-state index contributed by atoms with van der Waals surface area (Å²) in [6.07, 6.45) is 4.00. The predicted molar refractivity (Wildman–Crippen MR) is 85.1 cm³/mol. The average molecular weight is 275 g/mol. The molecule has 1 aromatic carbocycles. The molecule has 0 spiro atoms. The minimum absolute atomic E-state index is 0.355. The highest BCUT2D eigenvalue weighted by Crippen LogP contribution is 2.40. The van der Waals surface area contributed by atoms with Crippen molar-refractivity contribution < 1.29 is 4.74 Å². The lowest BCUT2D eigenvalue weighted by molar-refractivity contribution is 0.0562. The smallest absolute Gasteiger partial charge is 0.120 e. The zero-order valence-electron chi connectivity index (χ0n) is 13.6. The van der Waals surface area contributed by atoms with Crippen LogP contribution >= 0.6 is 0 Å². The largest absolute Gasteiger partial charge is 0.490 e. The second kappa shape index (κ2) is 6.17. The Labute approximate surface area is 123 Å². The summed E-state index contributed by atoms with van der Waals surface area (Å²) < 4.78 is 6.27. The molecule has 1 saturated carbocycles. The van der Waals surface area contributed by atoms with E-state index in [9.17, 15) is 0 Å². The zero-order chi connectivity index (χ0) is 14.8. The molecule has 3 unspecified atom stereocenters. The third-order valence-electron chi connectivity index (χ3n) is 4.44. The van der Waals surface area contributed by atoms with Gasteiger partial charge in [-0.05, 0) is 62.3 Å². The highest BCUT2D eigenvalue weighted by Gasteiger charge is 2.33. The molecular formula is C18H29NO. The van der Waals surface area contributed by atoms with E-state index in [2.05, 4.69) is 57.3 Å². The van der Waals surface area contributed by atoms with Crippen LogP contribution in [-0.4, -0.2) is 13.2 Å². The fraction of sp³-hybridized carbons (Fsp3) is 0.667. The van der Waals surface area contributed by atoms with E-state index in [-0.39, 0.29) is 0 Å². The molecule has 1 aromatic rings. The summed E-state index contributed by atoms with van der Waals surface area (Å²) in [5.41, 5.74) is 1.69. The second-order valence-corrected chi connectivity index (χ2v) is 7.24. The number of rotatable bonds is 4. The monoisotopic (exact) mass is 275 g/mol. The van der Waals surface area contributed by atoms with Crippen LogP contribution in [0.5, 0.6) is 5.75 Å². The molecule has 1 fully saturated rings. The van der Waals surface area contributed by atoms with E-state index < -0.39 is 0 Å². The van der Waals surface area contributed by atoms with Gasteiger partial charge in [0.1, 0.15) is 5.75 Å². The van der Waals surface area contributed by atoms with Crippen molar-refractivity contribution in [3.05, 3.63) is 29.8 Å². The van der Waals surface area contributed by atoms with Crippen molar-refractivity contribution in [3.8, 4) is 5.75 Å². The first-order valence-corrected chi connectivity index (χ1v) is 7.83. The molecule has 0 aromatic heterocycles. The summed E-state index contributed by atoms with van der Waals surface area (Å²) in [7, 11) is 1.99. The number of hydrogen-bond donors (Lipinski definition) is 1. The van der Waals surface area contributed by atoms with Gasteiger partial charge in [0.15, 0.2) is 0 Å². The quantitative estimate of drug-likeness (QED) is 0.869. The summed E-state index contributed by atoms with van der Waals surface area (Å²) in [4.78, 5) is 0. The van der Waals surface area contributed by atoms with Crippen LogP contribution in [0, 0.1) is 11.3 Å². The minimum Gasteiger partial charge on any atom is -0.490 e. The number of benzene rings is 1. The molecule has 20 heavy (non-hydrogen) atoms. The molecule has 0 bridgehead atoms. The maximum absolute atomic E-state index is 6.27. The van der Waals surface area contributed by atoms with Crippen molar-refractivity contribution in [2.24, 2.45) is 11.3 Å². The van der Waals surface area contributed by atoms with Gasteiger partial charge in [0, 0.05) is 6.04 Å². The van der Waals surface area contributed by atoms with Crippen molar-refractivity contribution in [1.29, 1.82) is 0 Å². The molecule has 1 N–H and O–H groups in total. The van der Waals surface area contributed by atoms with Crippen molar-refractivity contribution in [2.45, 2.75) is 59.1 Å². The van der Waals surface area contributed by atoms with E-state index >= 15 is 0 Å². The van der Waals surface area contributed by atoms with E-state index in [4.69, 9.17) is 4.74 Å². The summed E-state index contributed by atoms with van der Waals surface area (Å²) in [5, 5.41) is 3.28. The number of nitrogens with one attached hydrogen (secondary N) is 1. The fourth-order valence-corrected chi connectivity index (χ4v) is 3.56. The Morgan fingerprint density at radius 1 is 1.30 bits per heavy atom. The van der Waals surface area contributed by atoms with Crippen LogP contribution < -0.4 is 10.1 Å². The highest BCUT2D eigenvalue weighted by atomic mass is 16.5. The van der Waals surface area contributed by atoms with Crippen LogP contribution in [0.4, 0.5) is 0 Å². The first-order chi connectivity index (χ1) is 9.39. The Balaban J connectivity index is 2.06. The Hall–Kier alpha value is -1.02. The van der Waals surface area contributed by atoms with Gasteiger partial charge in [-0.1, -0.05) is 32.9 Å². The summed E-state index contributed by atoms with van der Waals surface area (Å²) in [6.45, 7) is 9.23.